The van der Waals surface area contributed by atoms with Crippen LogP contribution in [0, 0.1) is 0 Å². The molecule has 3 aromatic rings. The SMILES string of the molecule is Brc1ccc(OCCOCCn2cc(-c3ccccc3)nn2)cc1. The maximum atomic E-state index is 5.59. The molecule has 0 aliphatic carbocycles. The lowest BCUT2D eigenvalue weighted by atomic mass is 10.2. The molecule has 0 saturated heterocycles. The van der Waals surface area contributed by atoms with Gasteiger partial charge in [-0.2, -0.15) is 0 Å². The molecule has 6 heteroatoms. The summed E-state index contributed by atoms with van der Waals surface area (Å²) in [6, 6.07) is 17.7. The number of aromatic nitrogens is 3. The van der Waals surface area contributed by atoms with E-state index in [0.717, 1.165) is 21.5 Å². The lowest BCUT2D eigenvalue weighted by Gasteiger charge is -2.07. The molecule has 0 N–H and O–H groups in total. The van der Waals surface area contributed by atoms with Crippen LogP contribution in [0.5, 0.6) is 5.75 Å². The van der Waals surface area contributed by atoms with Gasteiger partial charge in [0.25, 0.3) is 0 Å². The minimum Gasteiger partial charge on any atom is -0.491 e. The third-order valence-corrected chi connectivity index (χ3v) is 3.91. The zero-order valence-electron chi connectivity index (χ0n) is 13.1. The van der Waals surface area contributed by atoms with Gasteiger partial charge in [-0.15, -0.1) is 5.10 Å². The molecule has 0 aliphatic heterocycles. The molecule has 2 aromatic carbocycles. The van der Waals surface area contributed by atoms with E-state index in [9.17, 15) is 0 Å². The van der Waals surface area contributed by atoms with Crippen LogP contribution in [-0.2, 0) is 11.3 Å². The number of nitrogens with zero attached hydrogens (tertiary/aromatic N) is 3. The Morgan fingerprint density at radius 1 is 0.917 bits per heavy atom. The molecule has 5 nitrogen and oxygen atoms in total. The molecule has 0 aliphatic rings. The molecule has 0 bridgehead atoms. The van der Waals surface area contributed by atoms with E-state index in [1.807, 2.05) is 60.8 Å². The minimum atomic E-state index is 0.522. The first-order valence-corrected chi connectivity index (χ1v) is 8.52. The average molecular weight is 388 g/mol. The summed E-state index contributed by atoms with van der Waals surface area (Å²) in [5, 5.41) is 8.29. The fourth-order valence-corrected chi connectivity index (χ4v) is 2.42. The van der Waals surface area contributed by atoms with Crippen molar-refractivity contribution in [1.29, 1.82) is 0 Å². The number of halogens is 1. The summed E-state index contributed by atoms with van der Waals surface area (Å²) < 4.78 is 14.0. The summed E-state index contributed by atoms with van der Waals surface area (Å²) >= 11 is 3.39. The van der Waals surface area contributed by atoms with E-state index >= 15 is 0 Å². The van der Waals surface area contributed by atoms with E-state index in [4.69, 9.17) is 9.47 Å². The topological polar surface area (TPSA) is 49.2 Å². The van der Waals surface area contributed by atoms with Crippen molar-refractivity contribution < 1.29 is 9.47 Å². The number of rotatable bonds is 8. The predicted octanol–water partition coefficient (Wildman–Crippen LogP) is 3.80. The van der Waals surface area contributed by atoms with E-state index in [-0.39, 0.29) is 0 Å². The van der Waals surface area contributed by atoms with Crippen LogP contribution in [0.3, 0.4) is 0 Å². The maximum Gasteiger partial charge on any atom is 0.119 e. The summed E-state index contributed by atoms with van der Waals surface area (Å²) in [5.41, 5.74) is 1.93. The van der Waals surface area contributed by atoms with E-state index < -0.39 is 0 Å². The summed E-state index contributed by atoms with van der Waals surface area (Å²) in [5.74, 6) is 0.838. The molecule has 0 radical (unpaired) electrons. The molecule has 0 amide bonds. The molecule has 0 unspecified atom stereocenters. The number of hydrogen-bond acceptors (Lipinski definition) is 4. The average Bonchev–Trinajstić information content (AvgIpc) is 3.09. The number of ether oxygens (including phenoxy) is 2. The van der Waals surface area contributed by atoms with Crippen LogP contribution in [0.15, 0.2) is 65.3 Å². The molecule has 0 atom stereocenters. The maximum absolute atomic E-state index is 5.59. The van der Waals surface area contributed by atoms with Gasteiger partial charge in [0, 0.05) is 10.0 Å². The van der Waals surface area contributed by atoms with Crippen LogP contribution >= 0.6 is 15.9 Å². The Balaban J connectivity index is 1.35. The second-order valence-electron chi connectivity index (χ2n) is 5.15. The fourth-order valence-electron chi connectivity index (χ4n) is 2.16. The van der Waals surface area contributed by atoms with Gasteiger partial charge in [0.15, 0.2) is 0 Å². The Kier molecular flexibility index (Phi) is 5.98. The monoisotopic (exact) mass is 387 g/mol. The lowest BCUT2D eigenvalue weighted by molar-refractivity contribution is 0.0923. The van der Waals surface area contributed by atoms with Crippen molar-refractivity contribution in [3.8, 4) is 17.0 Å². The Morgan fingerprint density at radius 3 is 2.50 bits per heavy atom. The lowest BCUT2D eigenvalue weighted by Crippen LogP contribution is -2.11. The summed E-state index contributed by atoms with van der Waals surface area (Å²) in [7, 11) is 0. The Morgan fingerprint density at radius 2 is 1.71 bits per heavy atom. The van der Waals surface area contributed by atoms with Crippen molar-refractivity contribution in [3.63, 3.8) is 0 Å². The van der Waals surface area contributed by atoms with Gasteiger partial charge in [-0.25, -0.2) is 4.68 Å². The highest BCUT2D eigenvalue weighted by molar-refractivity contribution is 9.10. The normalized spacial score (nSPS) is 10.7. The second-order valence-corrected chi connectivity index (χ2v) is 6.06. The highest BCUT2D eigenvalue weighted by Crippen LogP contribution is 2.16. The van der Waals surface area contributed by atoms with Gasteiger partial charge >= 0.3 is 0 Å². The standard InChI is InChI=1S/C18H18BrN3O2/c19-16-6-8-17(9-7-16)24-13-12-23-11-10-22-14-18(20-21-22)15-4-2-1-3-5-15/h1-9,14H,10-13H2. The van der Waals surface area contributed by atoms with Crippen molar-refractivity contribution >= 4 is 15.9 Å². The summed E-state index contributed by atoms with van der Waals surface area (Å²) in [6.45, 7) is 2.30. The van der Waals surface area contributed by atoms with Crippen molar-refractivity contribution in [3.05, 3.63) is 65.3 Å². The summed E-state index contributed by atoms with van der Waals surface area (Å²) in [4.78, 5) is 0. The summed E-state index contributed by atoms with van der Waals surface area (Å²) in [6.07, 6.45) is 1.93. The Bertz CT molecular complexity index is 744. The highest BCUT2D eigenvalue weighted by Gasteiger charge is 2.03. The van der Waals surface area contributed by atoms with Crippen LogP contribution in [0.2, 0.25) is 0 Å². The third-order valence-electron chi connectivity index (χ3n) is 3.38. The van der Waals surface area contributed by atoms with Gasteiger partial charge < -0.3 is 9.47 Å². The smallest absolute Gasteiger partial charge is 0.119 e. The van der Waals surface area contributed by atoms with E-state index in [1.54, 1.807) is 4.68 Å². The van der Waals surface area contributed by atoms with Gasteiger partial charge in [-0.1, -0.05) is 51.5 Å². The molecule has 0 saturated carbocycles. The van der Waals surface area contributed by atoms with E-state index in [0.29, 0.717) is 26.4 Å². The van der Waals surface area contributed by atoms with Crippen LogP contribution in [-0.4, -0.2) is 34.8 Å². The molecular formula is C18H18BrN3O2. The highest BCUT2D eigenvalue weighted by atomic mass is 79.9. The molecular weight excluding hydrogens is 370 g/mol. The van der Waals surface area contributed by atoms with Gasteiger partial charge in [0.1, 0.15) is 18.1 Å². The van der Waals surface area contributed by atoms with Crippen LogP contribution in [0.4, 0.5) is 0 Å². The second kappa shape index (κ2) is 8.61. The van der Waals surface area contributed by atoms with Crippen LogP contribution < -0.4 is 4.74 Å². The third kappa shape index (κ3) is 4.91. The Labute approximate surface area is 149 Å². The van der Waals surface area contributed by atoms with Crippen molar-refractivity contribution in [2.75, 3.05) is 19.8 Å². The first-order valence-electron chi connectivity index (χ1n) is 7.73. The largest absolute Gasteiger partial charge is 0.491 e. The van der Waals surface area contributed by atoms with Crippen molar-refractivity contribution in [1.82, 2.24) is 15.0 Å². The first-order chi connectivity index (χ1) is 11.8. The number of hydrogen-bond donors (Lipinski definition) is 0. The fraction of sp³-hybridized carbons (Fsp3) is 0.222. The molecule has 1 aromatic heterocycles. The molecule has 3 rings (SSSR count). The van der Waals surface area contributed by atoms with Crippen molar-refractivity contribution in [2.24, 2.45) is 0 Å². The quantitative estimate of drug-likeness (QED) is 0.551. The molecule has 0 spiro atoms. The van der Waals surface area contributed by atoms with Gasteiger partial charge in [0.05, 0.1) is 26.0 Å². The number of benzene rings is 2. The molecule has 1 heterocycles. The van der Waals surface area contributed by atoms with E-state index in [1.165, 1.54) is 0 Å². The zero-order chi connectivity index (χ0) is 16.6. The van der Waals surface area contributed by atoms with Crippen LogP contribution in [0.25, 0.3) is 11.3 Å². The zero-order valence-corrected chi connectivity index (χ0v) is 14.7. The predicted molar refractivity (Wildman–Crippen MR) is 95.9 cm³/mol. The van der Waals surface area contributed by atoms with Crippen molar-refractivity contribution in [2.45, 2.75) is 6.54 Å². The molecule has 24 heavy (non-hydrogen) atoms. The van der Waals surface area contributed by atoms with E-state index in [2.05, 4.69) is 26.2 Å². The van der Waals surface area contributed by atoms with Gasteiger partial charge in [0.2, 0.25) is 0 Å². The van der Waals surface area contributed by atoms with Crippen LogP contribution in [0.1, 0.15) is 0 Å². The first kappa shape index (κ1) is 16.7. The van der Waals surface area contributed by atoms with Gasteiger partial charge in [-0.3, -0.25) is 0 Å². The molecule has 124 valence electrons. The van der Waals surface area contributed by atoms with Gasteiger partial charge in [-0.05, 0) is 24.3 Å². The molecule has 0 fully saturated rings. The Hall–Kier alpha value is -2.18. The minimum absolute atomic E-state index is 0.522.